The lowest BCUT2D eigenvalue weighted by Gasteiger charge is -2.11. The van der Waals surface area contributed by atoms with Crippen molar-refractivity contribution in [2.45, 2.75) is 25.9 Å². The van der Waals surface area contributed by atoms with E-state index in [4.69, 9.17) is 9.47 Å². The fourth-order valence-corrected chi connectivity index (χ4v) is 2.55. The lowest BCUT2D eigenvalue weighted by Crippen LogP contribution is -2.31. The van der Waals surface area contributed by atoms with Gasteiger partial charge in [-0.2, -0.15) is 0 Å². The smallest absolute Gasteiger partial charge is 0.254 e. The van der Waals surface area contributed by atoms with E-state index in [0.717, 1.165) is 30.9 Å². The average molecular weight is 342 g/mol. The predicted octanol–water partition coefficient (Wildman–Crippen LogP) is 2.53. The fraction of sp³-hybridized carbons (Fsp3) is 0.389. The maximum absolute atomic E-state index is 12.1. The van der Waals surface area contributed by atoms with Gasteiger partial charge in [-0.05, 0) is 44.0 Å². The number of hydrogen-bond donors (Lipinski definition) is 2. The number of carbonyl (C=O) groups excluding carboxylic acids is 1. The van der Waals surface area contributed by atoms with Crippen LogP contribution in [0, 0.1) is 0 Å². The SMILES string of the molecule is CCOc1ccc(Nc2ncc(C(=O)NCC3CCCO3)cn2)cc1. The molecule has 0 bridgehead atoms. The number of nitrogens with zero attached hydrogens (tertiary/aromatic N) is 2. The largest absolute Gasteiger partial charge is 0.494 e. The van der Waals surface area contributed by atoms with Crippen LogP contribution in [0.4, 0.5) is 11.6 Å². The van der Waals surface area contributed by atoms with Gasteiger partial charge < -0.3 is 20.1 Å². The maximum atomic E-state index is 12.1. The Morgan fingerprint density at radius 1 is 1.28 bits per heavy atom. The van der Waals surface area contributed by atoms with Crippen LogP contribution in [0.5, 0.6) is 5.75 Å². The highest BCUT2D eigenvalue weighted by atomic mass is 16.5. The first kappa shape index (κ1) is 17.2. The number of benzene rings is 1. The van der Waals surface area contributed by atoms with Crippen molar-refractivity contribution in [1.29, 1.82) is 0 Å². The third kappa shape index (κ3) is 4.90. The second-order valence-electron chi connectivity index (χ2n) is 5.72. The summed E-state index contributed by atoms with van der Waals surface area (Å²) in [5, 5.41) is 5.94. The second-order valence-corrected chi connectivity index (χ2v) is 5.72. The Morgan fingerprint density at radius 2 is 2.04 bits per heavy atom. The molecule has 1 fully saturated rings. The molecular formula is C18H22N4O3. The molecule has 2 N–H and O–H groups in total. The molecule has 3 rings (SSSR count). The number of ether oxygens (including phenoxy) is 2. The molecule has 0 radical (unpaired) electrons. The summed E-state index contributed by atoms with van der Waals surface area (Å²) in [5.74, 6) is 1.05. The van der Waals surface area contributed by atoms with Crippen molar-refractivity contribution < 1.29 is 14.3 Å². The van der Waals surface area contributed by atoms with Crippen LogP contribution in [0.2, 0.25) is 0 Å². The molecule has 0 aliphatic carbocycles. The molecule has 7 heteroatoms. The monoisotopic (exact) mass is 342 g/mol. The number of carbonyl (C=O) groups is 1. The Balaban J connectivity index is 1.53. The van der Waals surface area contributed by atoms with Crippen LogP contribution in [-0.2, 0) is 4.74 Å². The van der Waals surface area contributed by atoms with Gasteiger partial charge in [0, 0.05) is 31.2 Å². The van der Waals surface area contributed by atoms with Crippen molar-refractivity contribution in [3.63, 3.8) is 0 Å². The second kappa shape index (κ2) is 8.43. The molecule has 1 aromatic carbocycles. The third-order valence-corrected chi connectivity index (χ3v) is 3.85. The van der Waals surface area contributed by atoms with Crippen molar-refractivity contribution >= 4 is 17.5 Å². The first-order valence-corrected chi connectivity index (χ1v) is 8.46. The summed E-state index contributed by atoms with van der Waals surface area (Å²) in [6.07, 6.45) is 5.17. The minimum absolute atomic E-state index is 0.116. The Labute approximate surface area is 146 Å². The summed E-state index contributed by atoms with van der Waals surface area (Å²) in [5.41, 5.74) is 1.27. The van der Waals surface area contributed by atoms with Crippen LogP contribution in [0.15, 0.2) is 36.7 Å². The van der Waals surface area contributed by atoms with Gasteiger partial charge in [0.2, 0.25) is 5.95 Å². The quantitative estimate of drug-likeness (QED) is 0.804. The fourth-order valence-electron chi connectivity index (χ4n) is 2.55. The number of aromatic nitrogens is 2. The minimum Gasteiger partial charge on any atom is -0.494 e. The molecular weight excluding hydrogens is 320 g/mol. The van der Waals surface area contributed by atoms with Crippen molar-refractivity contribution in [3.05, 3.63) is 42.2 Å². The molecule has 132 valence electrons. The van der Waals surface area contributed by atoms with Crippen molar-refractivity contribution in [2.24, 2.45) is 0 Å². The molecule has 2 aromatic rings. The number of anilines is 2. The molecule has 1 aliphatic heterocycles. The number of nitrogens with one attached hydrogen (secondary N) is 2. The van der Waals surface area contributed by atoms with Crippen LogP contribution in [0.1, 0.15) is 30.1 Å². The van der Waals surface area contributed by atoms with Crippen molar-refractivity contribution in [1.82, 2.24) is 15.3 Å². The van der Waals surface area contributed by atoms with Gasteiger partial charge in [0.1, 0.15) is 5.75 Å². The number of hydrogen-bond acceptors (Lipinski definition) is 6. The Morgan fingerprint density at radius 3 is 2.68 bits per heavy atom. The maximum Gasteiger partial charge on any atom is 0.254 e. The van der Waals surface area contributed by atoms with Crippen LogP contribution in [-0.4, -0.2) is 41.7 Å². The first-order chi connectivity index (χ1) is 12.2. The highest BCUT2D eigenvalue weighted by molar-refractivity contribution is 5.93. The van der Waals surface area contributed by atoms with E-state index in [1.54, 1.807) is 0 Å². The Hall–Kier alpha value is -2.67. The van der Waals surface area contributed by atoms with E-state index in [1.807, 2.05) is 31.2 Å². The summed E-state index contributed by atoms with van der Waals surface area (Å²) < 4.78 is 10.9. The normalized spacial score (nSPS) is 16.4. The lowest BCUT2D eigenvalue weighted by molar-refractivity contribution is 0.0857. The van der Waals surface area contributed by atoms with E-state index in [-0.39, 0.29) is 12.0 Å². The zero-order valence-electron chi connectivity index (χ0n) is 14.2. The van der Waals surface area contributed by atoms with Crippen molar-refractivity contribution in [2.75, 3.05) is 25.1 Å². The van der Waals surface area contributed by atoms with Gasteiger partial charge >= 0.3 is 0 Å². The van der Waals surface area contributed by atoms with Gasteiger partial charge in [0.15, 0.2) is 0 Å². The van der Waals surface area contributed by atoms with E-state index in [9.17, 15) is 4.79 Å². The molecule has 7 nitrogen and oxygen atoms in total. The van der Waals surface area contributed by atoms with Crippen molar-refractivity contribution in [3.8, 4) is 5.75 Å². The molecule has 1 amide bonds. The molecule has 1 unspecified atom stereocenters. The molecule has 2 heterocycles. The van der Waals surface area contributed by atoms with E-state index >= 15 is 0 Å². The van der Waals surface area contributed by atoms with Gasteiger partial charge in [-0.15, -0.1) is 0 Å². The molecule has 1 aromatic heterocycles. The summed E-state index contributed by atoms with van der Waals surface area (Å²) in [4.78, 5) is 20.5. The van der Waals surface area contributed by atoms with E-state index in [1.165, 1.54) is 12.4 Å². The molecule has 0 spiro atoms. The first-order valence-electron chi connectivity index (χ1n) is 8.46. The zero-order chi connectivity index (χ0) is 17.5. The zero-order valence-corrected chi connectivity index (χ0v) is 14.2. The van der Waals surface area contributed by atoms with Crippen LogP contribution in [0.3, 0.4) is 0 Å². The molecule has 1 atom stereocenters. The lowest BCUT2D eigenvalue weighted by atomic mass is 10.2. The van der Waals surface area contributed by atoms with Crippen LogP contribution >= 0.6 is 0 Å². The molecule has 25 heavy (non-hydrogen) atoms. The van der Waals surface area contributed by atoms with Gasteiger partial charge in [-0.1, -0.05) is 0 Å². The average Bonchev–Trinajstić information content (AvgIpc) is 3.16. The topological polar surface area (TPSA) is 85.4 Å². The standard InChI is InChI=1S/C18H22N4O3/c1-2-24-15-7-5-14(6-8-15)22-18-20-10-13(11-21-18)17(23)19-12-16-4-3-9-25-16/h5-8,10-11,16H,2-4,9,12H2,1H3,(H,19,23)(H,20,21,22). The number of amides is 1. The van der Waals surface area contributed by atoms with Crippen LogP contribution in [0.25, 0.3) is 0 Å². The molecule has 1 aliphatic rings. The summed E-state index contributed by atoms with van der Waals surface area (Å²) in [7, 11) is 0. The summed E-state index contributed by atoms with van der Waals surface area (Å²) >= 11 is 0. The highest BCUT2D eigenvalue weighted by Gasteiger charge is 2.16. The van der Waals surface area contributed by atoms with E-state index in [0.29, 0.717) is 24.7 Å². The predicted molar refractivity (Wildman–Crippen MR) is 94.2 cm³/mol. The highest BCUT2D eigenvalue weighted by Crippen LogP contribution is 2.18. The van der Waals surface area contributed by atoms with Gasteiger partial charge in [-0.3, -0.25) is 4.79 Å². The molecule has 1 saturated heterocycles. The van der Waals surface area contributed by atoms with Gasteiger partial charge in [0.05, 0.1) is 18.3 Å². The Bertz CT molecular complexity index is 682. The molecule has 0 saturated carbocycles. The minimum atomic E-state index is -0.192. The van der Waals surface area contributed by atoms with Gasteiger partial charge in [-0.25, -0.2) is 9.97 Å². The van der Waals surface area contributed by atoms with E-state index in [2.05, 4.69) is 20.6 Å². The Kier molecular flexibility index (Phi) is 5.79. The third-order valence-electron chi connectivity index (χ3n) is 3.85. The van der Waals surface area contributed by atoms with Gasteiger partial charge in [0.25, 0.3) is 5.91 Å². The summed E-state index contributed by atoms with van der Waals surface area (Å²) in [6.45, 7) is 3.87. The van der Waals surface area contributed by atoms with Crippen LogP contribution < -0.4 is 15.4 Å². The number of rotatable bonds is 7. The summed E-state index contributed by atoms with van der Waals surface area (Å²) in [6, 6.07) is 7.52. The van der Waals surface area contributed by atoms with E-state index < -0.39 is 0 Å².